The SMILES string of the molecule is C=CCN1C(=O)C(=Cc2cn(Cc3cccc(C(=O)OC)c3)c3ccccc23)SC1=S. The van der Waals surface area contributed by atoms with E-state index in [0.717, 1.165) is 22.0 Å². The van der Waals surface area contributed by atoms with E-state index in [4.69, 9.17) is 17.0 Å². The Bertz CT molecular complexity index is 1240. The van der Waals surface area contributed by atoms with Crippen LogP contribution in [0.5, 0.6) is 0 Å². The lowest BCUT2D eigenvalue weighted by Crippen LogP contribution is -2.27. The smallest absolute Gasteiger partial charge is 0.337 e. The Balaban J connectivity index is 1.71. The van der Waals surface area contributed by atoms with Crippen LogP contribution < -0.4 is 0 Å². The summed E-state index contributed by atoms with van der Waals surface area (Å²) in [5, 5.41) is 1.04. The number of ether oxygens (including phenoxy) is 1. The van der Waals surface area contributed by atoms with E-state index in [9.17, 15) is 9.59 Å². The minimum absolute atomic E-state index is 0.0995. The number of thiocarbonyl (C=S) groups is 1. The molecule has 1 aliphatic heterocycles. The van der Waals surface area contributed by atoms with Crippen molar-refractivity contribution in [1.82, 2.24) is 9.47 Å². The second-order valence-corrected chi connectivity index (χ2v) is 8.68. The lowest BCUT2D eigenvalue weighted by Gasteiger charge is -2.10. The van der Waals surface area contributed by atoms with Crippen LogP contribution in [0.4, 0.5) is 0 Å². The summed E-state index contributed by atoms with van der Waals surface area (Å²) in [6.07, 6.45) is 5.59. The number of amides is 1. The van der Waals surface area contributed by atoms with Crippen LogP contribution in [-0.4, -0.2) is 39.3 Å². The molecular weight excluding hydrogens is 428 g/mol. The first-order chi connectivity index (χ1) is 15.0. The molecule has 1 fully saturated rings. The Labute approximate surface area is 190 Å². The minimum Gasteiger partial charge on any atom is -0.465 e. The molecule has 4 rings (SSSR count). The molecule has 0 atom stereocenters. The maximum absolute atomic E-state index is 12.7. The number of esters is 1. The van der Waals surface area contributed by atoms with Gasteiger partial charge in [0, 0.05) is 35.8 Å². The van der Waals surface area contributed by atoms with E-state index in [-0.39, 0.29) is 11.9 Å². The van der Waals surface area contributed by atoms with Crippen LogP contribution in [0.3, 0.4) is 0 Å². The fourth-order valence-electron chi connectivity index (χ4n) is 3.56. The van der Waals surface area contributed by atoms with Crippen LogP contribution >= 0.6 is 24.0 Å². The van der Waals surface area contributed by atoms with Crippen molar-refractivity contribution >= 4 is 57.2 Å². The molecule has 1 aliphatic rings. The average molecular weight is 449 g/mol. The topological polar surface area (TPSA) is 51.5 Å². The molecule has 7 heteroatoms. The van der Waals surface area contributed by atoms with E-state index < -0.39 is 0 Å². The molecule has 0 bridgehead atoms. The summed E-state index contributed by atoms with van der Waals surface area (Å²) in [6.45, 7) is 4.68. The van der Waals surface area contributed by atoms with Crippen molar-refractivity contribution in [3.05, 3.63) is 89.0 Å². The minimum atomic E-state index is -0.360. The van der Waals surface area contributed by atoms with Gasteiger partial charge in [-0.15, -0.1) is 6.58 Å². The third-order valence-electron chi connectivity index (χ3n) is 4.99. The van der Waals surface area contributed by atoms with Crippen LogP contribution in [0.1, 0.15) is 21.5 Å². The maximum Gasteiger partial charge on any atom is 0.337 e. The molecule has 1 aromatic heterocycles. The largest absolute Gasteiger partial charge is 0.465 e. The zero-order chi connectivity index (χ0) is 22.0. The number of hydrogen-bond acceptors (Lipinski definition) is 5. The third kappa shape index (κ3) is 4.19. The molecule has 1 saturated heterocycles. The van der Waals surface area contributed by atoms with Gasteiger partial charge in [-0.05, 0) is 29.8 Å². The Morgan fingerprint density at radius 3 is 2.81 bits per heavy atom. The third-order valence-corrected chi connectivity index (χ3v) is 6.37. The highest BCUT2D eigenvalue weighted by Gasteiger charge is 2.31. The van der Waals surface area contributed by atoms with Gasteiger partial charge in [0.1, 0.15) is 4.32 Å². The quantitative estimate of drug-likeness (QED) is 0.233. The number of hydrogen-bond donors (Lipinski definition) is 0. The van der Waals surface area contributed by atoms with Crippen LogP contribution in [0.25, 0.3) is 17.0 Å². The van der Waals surface area contributed by atoms with E-state index in [1.807, 2.05) is 54.7 Å². The fourth-order valence-corrected chi connectivity index (χ4v) is 4.83. The van der Waals surface area contributed by atoms with Crippen LogP contribution in [-0.2, 0) is 16.1 Å². The molecule has 0 N–H and O–H groups in total. The Morgan fingerprint density at radius 2 is 2.03 bits per heavy atom. The number of benzene rings is 2. The first kappa shape index (κ1) is 21.1. The van der Waals surface area contributed by atoms with Crippen molar-refractivity contribution in [3.8, 4) is 0 Å². The number of carbonyl (C=O) groups is 2. The molecule has 0 unspecified atom stereocenters. The summed E-state index contributed by atoms with van der Waals surface area (Å²) >= 11 is 6.65. The molecular formula is C24H20N2O3S2. The number of methoxy groups -OCH3 is 1. The van der Waals surface area contributed by atoms with Crippen molar-refractivity contribution in [2.75, 3.05) is 13.7 Å². The van der Waals surface area contributed by atoms with Gasteiger partial charge in [-0.25, -0.2) is 4.79 Å². The molecule has 0 radical (unpaired) electrons. The van der Waals surface area contributed by atoms with Gasteiger partial charge < -0.3 is 9.30 Å². The molecule has 0 aliphatic carbocycles. The van der Waals surface area contributed by atoms with Crippen molar-refractivity contribution in [2.24, 2.45) is 0 Å². The van der Waals surface area contributed by atoms with E-state index in [1.54, 1.807) is 17.0 Å². The monoisotopic (exact) mass is 448 g/mol. The fraction of sp³-hybridized carbons (Fsp3) is 0.125. The standard InChI is InChI=1S/C24H20N2O3S2/c1-3-11-26-22(27)21(31-24(26)30)13-18-15-25(20-10-5-4-9-19(18)20)14-16-7-6-8-17(12-16)23(28)29-2/h3-10,12-13,15H,1,11,14H2,2H3. The van der Waals surface area contributed by atoms with Crippen molar-refractivity contribution in [2.45, 2.75) is 6.54 Å². The molecule has 3 aromatic rings. The molecule has 0 saturated carbocycles. The lowest BCUT2D eigenvalue weighted by atomic mass is 10.1. The Morgan fingerprint density at radius 1 is 1.23 bits per heavy atom. The summed E-state index contributed by atoms with van der Waals surface area (Å²) in [5.74, 6) is -0.459. The van der Waals surface area contributed by atoms with Gasteiger partial charge in [0.25, 0.3) is 5.91 Å². The van der Waals surface area contributed by atoms with E-state index in [0.29, 0.717) is 27.9 Å². The maximum atomic E-state index is 12.7. The first-order valence-corrected chi connectivity index (χ1v) is 10.9. The van der Waals surface area contributed by atoms with Gasteiger partial charge in [0.05, 0.1) is 17.6 Å². The highest BCUT2D eigenvalue weighted by molar-refractivity contribution is 8.26. The Hall–Kier alpha value is -3.16. The highest BCUT2D eigenvalue weighted by Crippen LogP contribution is 2.34. The zero-order valence-corrected chi connectivity index (χ0v) is 18.5. The van der Waals surface area contributed by atoms with Crippen molar-refractivity contribution in [3.63, 3.8) is 0 Å². The van der Waals surface area contributed by atoms with E-state index in [1.165, 1.54) is 18.9 Å². The van der Waals surface area contributed by atoms with Gasteiger partial charge in [-0.2, -0.15) is 0 Å². The number of carbonyl (C=O) groups excluding carboxylic acids is 2. The van der Waals surface area contributed by atoms with E-state index in [2.05, 4.69) is 11.1 Å². The van der Waals surface area contributed by atoms with Crippen LogP contribution in [0.2, 0.25) is 0 Å². The predicted octanol–water partition coefficient (Wildman–Crippen LogP) is 4.86. The summed E-state index contributed by atoms with van der Waals surface area (Å²) in [6, 6.07) is 15.4. The van der Waals surface area contributed by atoms with E-state index >= 15 is 0 Å². The molecule has 5 nitrogen and oxygen atoms in total. The number of rotatable bonds is 6. The normalized spacial score (nSPS) is 15.1. The van der Waals surface area contributed by atoms with Crippen LogP contribution in [0.15, 0.2) is 72.3 Å². The molecule has 1 amide bonds. The zero-order valence-electron chi connectivity index (χ0n) is 16.9. The highest BCUT2D eigenvalue weighted by atomic mass is 32.2. The average Bonchev–Trinajstić information content (AvgIpc) is 3.26. The lowest BCUT2D eigenvalue weighted by molar-refractivity contribution is -0.121. The Kier molecular flexibility index (Phi) is 6.06. The second-order valence-electron chi connectivity index (χ2n) is 7.00. The van der Waals surface area contributed by atoms with Gasteiger partial charge in [0.2, 0.25) is 0 Å². The van der Waals surface area contributed by atoms with Crippen LogP contribution in [0, 0.1) is 0 Å². The second kappa shape index (κ2) is 8.91. The number of fused-ring (bicyclic) bond motifs is 1. The summed E-state index contributed by atoms with van der Waals surface area (Å²) in [4.78, 5) is 26.7. The summed E-state index contributed by atoms with van der Waals surface area (Å²) in [5.41, 5.74) is 3.48. The van der Waals surface area contributed by atoms with Gasteiger partial charge in [0.15, 0.2) is 0 Å². The first-order valence-electron chi connectivity index (χ1n) is 9.63. The molecule has 31 heavy (non-hydrogen) atoms. The van der Waals surface area contributed by atoms with Crippen molar-refractivity contribution in [1.29, 1.82) is 0 Å². The summed E-state index contributed by atoms with van der Waals surface area (Å²) < 4.78 is 7.48. The van der Waals surface area contributed by atoms with Crippen molar-refractivity contribution < 1.29 is 14.3 Å². The molecule has 2 heterocycles. The number of para-hydroxylation sites is 1. The van der Waals surface area contributed by atoms with Gasteiger partial charge in [-0.3, -0.25) is 9.69 Å². The molecule has 156 valence electrons. The van der Waals surface area contributed by atoms with Gasteiger partial charge >= 0.3 is 5.97 Å². The predicted molar refractivity (Wildman–Crippen MR) is 129 cm³/mol. The number of thioether (sulfide) groups is 1. The number of aromatic nitrogens is 1. The number of nitrogens with zero attached hydrogens (tertiary/aromatic N) is 2. The van der Waals surface area contributed by atoms with Gasteiger partial charge in [-0.1, -0.05) is 60.4 Å². The molecule has 2 aromatic carbocycles. The summed E-state index contributed by atoms with van der Waals surface area (Å²) in [7, 11) is 1.37. The molecule has 0 spiro atoms.